The van der Waals surface area contributed by atoms with E-state index in [4.69, 9.17) is 10.5 Å². The molecule has 0 radical (unpaired) electrons. The van der Waals surface area contributed by atoms with Crippen molar-refractivity contribution in [3.63, 3.8) is 0 Å². The van der Waals surface area contributed by atoms with Crippen LogP contribution >= 0.6 is 15.9 Å². The monoisotopic (exact) mass is 312 g/mol. The van der Waals surface area contributed by atoms with Crippen molar-refractivity contribution < 1.29 is 9.53 Å². The summed E-state index contributed by atoms with van der Waals surface area (Å²) >= 11 is 3.42. The number of benzene rings is 1. The molecule has 1 amide bonds. The molecule has 1 fully saturated rings. The minimum absolute atomic E-state index is 0.0318. The molecule has 98 valence electrons. The molecule has 3 N–H and O–H groups in total. The van der Waals surface area contributed by atoms with Crippen LogP contribution in [0.3, 0.4) is 0 Å². The van der Waals surface area contributed by atoms with Gasteiger partial charge in [0.1, 0.15) is 0 Å². The lowest BCUT2D eigenvalue weighted by molar-refractivity contribution is -0.119. The molecule has 1 aliphatic heterocycles. The van der Waals surface area contributed by atoms with Crippen LogP contribution in [0.4, 0.5) is 11.4 Å². The first-order chi connectivity index (χ1) is 8.47. The van der Waals surface area contributed by atoms with E-state index in [2.05, 4.69) is 21.2 Å². The Bertz CT molecular complexity index is 453. The van der Waals surface area contributed by atoms with Gasteiger partial charge in [-0.2, -0.15) is 0 Å². The molecule has 2 rings (SSSR count). The normalized spacial score (nSPS) is 23.1. The molecule has 2 atom stereocenters. The highest BCUT2D eigenvalue weighted by molar-refractivity contribution is 9.10. The van der Waals surface area contributed by atoms with Crippen LogP contribution in [0.5, 0.6) is 0 Å². The molecular weight excluding hydrogens is 296 g/mol. The third-order valence-electron chi connectivity index (χ3n) is 3.08. The Morgan fingerprint density at radius 1 is 1.56 bits per heavy atom. The molecule has 4 nitrogen and oxygen atoms in total. The molecule has 18 heavy (non-hydrogen) atoms. The van der Waals surface area contributed by atoms with E-state index < -0.39 is 0 Å². The third kappa shape index (κ3) is 2.84. The van der Waals surface area contributed by atoms with Gasteiger partial charge >= 0.3 is 0 Å². The average molecular weight is 313 g/mol. The predicted octanol–water partition coefficient (Wildman–Crippen LogP) is 2.70. The maximum Gasteiger partial charge on any atom is 0.230 e. The first kappa shape index (κ1) is 13.4. The van der Waals surface area contributed by atoms with Crippen LogP contribution in [0.25, 0.3) is 0 Å². The van der Waals surface area contributed by atoms with Crippen molar-refractivity contribution in [3.05, 3.63) is 22.2 Å². The van der Waals surface area contributed by atoms with Crippen LogP contribution in [0.1, 0.15) is 18.9 Å². The van der Waals surface area contributed by atoms with E-state index in [0.29, 0.717) is 18.0 Å². The van der Waals surface area contributed by atoms with E-state index in [0.717, 1.165) is 16.5 Å². The number of aryl methyl sites for hydroxylation is 1. The summed E-state index contributed by atoms with van der Waals surface area (Å²) < 4.78 is 6.21. The maximum absolute atomic E-state index is 12.1. The fourth-order valence-electron chi connectivity index (χ4n) is 2.13. The fraction of sp³-hybridized carbons (Fsp3) is 0.462. The number of hydrogen-bond donors (Lipinski definition) is 2. The number of amides is 1. The number of nitrogens with two attached hydrogens (primary N) is 1. The van der Waals surface area contributed by atoms with Crippen molar-refractivity contribution >= 4 is 33.2 Å². The molecule has 1 saturated heterocycles. The quantitative estimate of drug-likeness (QED) is 0.825. The van der Waals surface area contributed by atoms with E-state index in [1.165, 1.54) is 0 Å². The Kier molecular flexibility index (Phi) is 3.92. The zero-order valence-corrected chi connectivity index (χ0v) is 12.1. The second-order valence-corrected chi connectivity index (χ2v) is 5.63. The largest absolute Gasteiger partial charge is 0.397 e. The summed E-state index contributed by atoms with van der Waals surface area (Å²) in [7, 11) is 0. The molecule has 0 saturated carbocycles. The summed E-state index contributed by atoms with van der Waals surface area (Å²) in [6.45, 7) is 4.42. The van der Waals surface area contributed by atoms with Crippen molar-refractivity contribution in [2.45, 2.75) is 26.4 Å². The van der Waals surface area contributed by atoms with Crippen LogP contribution in [-0.4, -0.2) is 18.6 Å². The highest BCUT2D eigenvalue weighted by Crippen LogP contribution is 2.31. The summed E-state index contributed by atoms with van der Waals surface area (Å²) in [5.74, 6) is -0.122. The summed E-state index contributed by atoms with van der Waals surface area (Å²) in [6.07, 6.45) is 0.912. The second-order valence-electron chi connectivity index (χ2n) is 4.78. The Morgan fingerprint density at radius 2 is 2.28 bits per heavy atom. The van der Waals surface area contributed by atoms with Crippen molar-refractivity contribution in [2.75, 3.05) is 17.7 Å². The minimum Gasteiger partial charge on any atom is -0.397 e. The van der Waals surface area contributed by atoms with E-state index >= 15 is 0 Å². The molecule has 0 bridgehead atoms. The summed E-state index contributed by atoms with van der Waals surface area (Å²) in [5, 5.41) is 2.88. The number of halogens is 1. The first-order valence-corrected chi connectivity index (χ1v) is 6.74. The Morgan fingerprint density at radius 3 is 2.83 bits per heavy atom. The van der Waals surface area contributed by atoms with Crippen LogP contribution < -0.4 is 11.1 Å². The predicted molar refractivity (Wildman–Crippen MR) is 75.4 cm³/mol. The number of rotatable bonds is 2. The lowest BCUT2D eigenvalue weighted by Gasteiger charge is -2.14. The molecular formula is C13H17BrN2O2. The topological polar surface area (TPSA) is 64.3 Å². The van der Waals surface area contributed by atoms with Crippen molar-refractivity contribution in [3.8, 4) is 0 Å². The van der Waals surface area contributed by atoms with Gasteiger partial charge in [-0.1, -0.05) is 0 Å². The maximum atomic E-state index is 12.1. The van der Waals surface area contributed by atoms with Gasteiger partial charge in [0.15, 0.2) is 0 Å². The molecule has 2 unspecified atom stereocenters. The van der Waals surface area contributed by atoms with E-state index in [1.807, 2.05) is 26.0 Å². The lowest BCUT2D eigenvalue weighted by Crippen LogP contribution is -2.23. The van der Waals surface area contributed by atoms with Crippen molar-refractivity contribution in [1.82, 2.24) is 0 Å². The average Bonchev–Trinajstić information content (AvgIpc) is 2.70. The molecule has 1 aliphatic rings. The highest BCUT2D eigenvalue weighted by atomic mass is 79.9. The standard InChI is InChI=1S/C13H17BrN2O2/c1-7-3-10(14)12(11(15)4-7)16-13(17)9-5-8(2)18-6-9/h3-4,8-9H,5-6,15H2,1-2H3,(H,16,17). The zero-order chi connectivity index (χ0) is 13.3. The molecule has 1 aromatic carbocycles. The van der Waals surface area contributed by atoms with Crippen molar-refractivity contribution in [2.24, 2.45) is 5.92 Å². The van der Waals surface area contributed by atoms with Gasteiger partial charge in [0.2, 0.25) is 5.91 Å². The fourth-order valence-corrected chi connectivity index (χ4v) is 2.82. The van der Waals surface area contributed by atoms with Gasteiger partial charge in [-0.15, -0.1) is 0 Å². The molecule has 0 aliphatic carbocycles. The molecule has 0 aromatic heterocycles. The lowest BCUT2D eigenvalue weighted by atomic mass is 10.1. The van der Waals surface area contributed by atoms with Gasteiger partial charge in [0.05, 0.1) is 30.0 Å². The summed E-state index contributed by atoms with van der Waals surface area (Å²) in [5.41, 5.74) is 8.19. The number of anilines is 2. The Balaban J connectivity index is 2.12. The van der Waals surface area contributed by atoms with E-state index in [9.17, 15) is 4.79 Å². The first-order valence-electron chi connectivity index (χ1n) is 5.95. The second kappa shape index (κ2) is 5.28. The highest BCUT2D eigenvalue weighted by Gasteiger charge is 2.28. The van der Waals surface area contributed by atoms with Gasteiger partial charge in [-0.25, -0.2) is 0 Å². The van der Waals surface area contributed by atoms with Crippen LogP contribution in [0.15, 0.2) is 16.6 Å². The molecule has 1 heterocycles. The Labute approximate surface area is 115 Å². The molecule has 5 heteroatoms. The number of ether oxygens (including phenoxy) is 1. The van der Waals surface area contributed by atoms with E-state index in [1.54, 1.807) is 0 Å². The van der Waals surface area contributed by atoms with Gasteiger partial charge in [-0.05, 0) is 53.9 Å². The van der Waals surface area contributed by atoms with Crippen LogP contribution in [0.2, 0.25) is 0 Å². The van der Waals surface area contributed by atoms with Gasteiger partial charge in [0.25, 0.3) is 0 Å². The summed E-state index contributed by atoms with van der Waals surface area (Å²) in [4.78, 5) is 12.1. The van der Waals surface area contributed by atoms with Crippen LogP contribution in [0, 0.1) is 12.8 Å². The number of carbonyl (C=O) groups is 1. The number of hydrogen-bond acceptors (Lipinski definition) is 3. The smallest absolute Gasteiger partial charge is 0.230 e. The SMILES string of the molecule is Cc1cc(N)c(NC(=O)C2COC(C)C2)c(Br)c1. The van der Waals surface area contributed by atoms with Gasteiger partial charge in [0, 0.05) is 4.47 Å². The third-order valence-corrected chi connectivity index (χ3v) is 3.71. The summed E-state index contributed by atoms with van der Waals surface area (Å²) in [6, 6.07) is 3.77. The number of nitrogens with one attached hydrogen (secondary N) is 1. The number of nitrogen functional groups attached to an aromatic ring is 1. The van der Waals surface area contributed by atoms with Gasteiger partial charge in [-0.3, -0.25) is 4.79 Å². The van der Waals surface area contributed by atoms with Crippen molar-refractivity contribution in [1.29, 1.82) is 0 Å². The van der Waals surface area contributed by atoms with Gasteiger partial charge < -0.3 is 15.8 Å². The Hall–Kier alpha value is -1.07. The zero-order valence-electron chi connectivity index (χ0n) is 10.5. The molecule has 1 aromatic rings. The minimum atomic E-state index is -0.0902. The molecule has 0 spiro atoms. The van der Waals surface area contributed by atoms with Crippen LogP contribution in [-0.2, 0) is 9.53 Å². The number of carbonyl (C=O) groups excluding carboxylic acids is 1. The van der Waals surface area contributed by atoms with E-state index in [-0.39, 0.29) is 17.9 Å².